The number of likely N-dealkylation sites (tertiary alicyclic amines) is 1. The van der Waals surface area contributed by atoms with Gasteiger partial charge >= 0.3 is 6.03 Å². The molecule has 4 amide bonds. The minimum Gasteiger partial charge on any atom is -0.497 e. The SMILES string of the molecule is COc1ccc(N2CC(C(=O)N3CCC(C(=O)NC4CC4)C3)NC2=O)cc1. The van der Waals surface area contributed by atoms with Crippen LogP contribution in [0, 0.1) is 5.92 Å². The number of ether oxygens (including phenoxy) is 1. The number of carbonyl (C=O) groups excluding carboxylic acids is 3. The topological polar surface area (TPSA) is 91.0 Å². The number of hydrogen-bond donors (Lipinski definition) is 2. The molecule has 0 bridgehead atoms. The number of hydrogen-bond acceptors (Lipinski definition) is 4. The quantitative estimate of drug-likeness (QED) is 0.797. The average molecular weight is 372 g/mol. The van der Waals surface area contributed by atoms with Gasteiger partial charge in [0, 0.05) is 24.8 Å². The summed E-state index contributed by atoms with van der Waals surface area (Å²) < 4.78 is 5.13. The highest BCUT2D eigenvalue weighted by molar-refractivity contribution is 6.00. The Morgan fingerprint density at radius 1 is 1.15 bits per heavy atom. The van der Waals surface area contributed by atoms with Gasteiger partial charge in [0.25, 0.3) is 0 Å². The molecule has 0 spiro atoms. The molecule has 4 rings (SSSR count). The third-order valence-corrected chi connectivity index (χ3v) is 5.38. The molecule has 2 N–H and O–H groups in total. The molecule has 2 unspecified atom stereocenters. The van der Waals surface area contributed by atoms with E-state index in [-0.39, 0.29) is 30.3 Å². The third kappa shape index (κ3) is 3.70. The Kier molecular flexibility index (Phi) is 4.63. The molecule has 8 nitrogen and oxygen atoms in total. The van der Waals surface area contributed by atoms with Crippen LogP contribution in [0.5, 0.6) is 5.75 Å². The molecule has 2 atom stereocenters. The van der Waals surface area contributed by atoms with Crippen molar-refractivity contribution in [2.75, 3.05) is 31.6 Å². The Hall–Kier alpha value is -2.77. The second-order valence-electron chi connectivity index (χ2n) is 7.36. The van der Waals surface area contributed by atoms with Crippen LogP contribution in [-0.2, 0) is 9.59 Å². The van der Waals surface area contributed by atoms with Crippen LogP contribution in [0.4, 0.5) is 10.5 Å². The van der Waals surface area contributed by atoms with E-state index in [9.17, 15) is 14.4 Å². The van der Waals surface area contributed by atoms with Crippen molar-refractivity contribution in [1.29, 1.82) is 0 Å². The Bertz CT molecular complexity index is 747. The van der Waals surface area contributed by atoms with E-state index < -0.39 is 6.04 Å². The summed E-state index contributed by atoms with van der Waals surface area (Å²) in [5.74, 6) is 0.479. The van der Waals surface area contributed by atoms with Gasteiger partial charge in [-0.1, -0.05) is 0 Å². The largest absolute Gasteiger partial charge is 0.497 e. The normalized spacial score (nSPS) is 24.7. The lowest BCUT2D eigenvalue weighted by atomic mass is 10.1. The van der Waals surface area contributed by atoms with E-state index in [0.717, 1.165) is 12.8 Å². The molecule has 27 heavy (non-hydrogen) atoms. The minimum absolute atomic E-state index is 0.0446. The summed E-state index contributed by atoms with van der Waals surface area (Å²) in [5, 5.41) is 5.76. The lowest BCUT2D eigenvalue weighted by Gasteiger charge is -2.20. The highest BCUT2D eigenvalue weighted by Crippen LogP contribution is 2.25. The van der Waals surface area contributed by atoms with Crippen LogP contribution in [-0.4, -0.2) is 61.6 Å². The van der Waals surface area contributed by atoms with Crippen LogP contribution in [0.1, 0.15) is 19.3 Å². The Morgan fingerprint density at radius 3 is 2.56 bits per heavy atom. The van der Waals surface area contributed by atoms with Crippen molar-refractivity contribution in [3.8, 4) is 5.75 Å². The highest BCUT2D eigenvalue weighted by atomic mass is 16.5. The zero-order chi connectivity index (χ0) is 19.0. The summed E-state index contributed by atoms with van der Waals surface area (Å²) in [6.07, 6.45) is 2.78. The Labute approximate surface area is 157 Å². The highest BCUT2D eigenvalue weighted by Gasteiger charge is 2.40. The Morgan fingerprint density at radius 2 is 1.89 bits per heavy atom. The molecule has 1 aromatic rings. The van der Waals surface area contributed by atoms with Gasteiger partial charge in [0.1, 0.15) is 11.8 Å². The minimum atomic E-state index is -0.593. The number of nitrogens with one attached hydrogen (secondary N) is 2. The van der Waals surface area contributed by atoms with Gasteiger partial charge in [-0.15, -0.1) is 0 Å². The van der Waals surface area contributed by atoms with Gasteiger partial charge < -0.3 is 20.3 Å². The average Bonchev–Trinajstić information content (AvgIpc) is 3.20. The number of amides is 4. The summed E-state index contributed by atoms with van der Waals surface area (Å²) >= 11 is 0. The molecular formula is C19H24N4O4. The molecular weight excluding hydrogens is 348 g/mol. The number of urea groups is 1. The smallest absolute Gasteiger partial charge is 0.322 e. The number of benzene rings is 1. The summed E-state index contributed by atoms with van der Waals surface area (Å²) in [6, 6.07) is 6.58. The Balaban J connectivity index is 1.35. The second-order valence-corrected chi connectivity index (χ2v) is 7.36. The second kappa shape index (κ2) is 7.09. The fraction of sp³-hybridized carbons (Fsp3) is 0.526. The summed E-state index contributed by atoms with van der Waals surface area (Å²) in [4.78, 5) is 40.5. The number of nitrogens with zero attached hydrogens (tertiary/aromatic N) is 2. The van der Waals surface area contributed by atoms with Crippen molar-refractivity contribution in [3.05, 3.63) is 24.3 Å². The third-order valence-electron chi connectivity index (χ3n) is 5.38. The van der Waals surface area contributed by atoms with E-state index in [0.29, 0.717) is 37.0 Å². The van der Waals surface area contributed by atoms with Gasteiger partial charge in [0.15, 0.2) is 0 Å². The first-order valence-electron chi connectivity index (χ1n) is 9.36. The predicted octanol–water partition coefficient (Wildman–Crippen LogP) is 0.721. The van der Waals surface area contributed by atoms with Crippen LogP contribution in [0.3, 0.4) is 0 Å². The van der Waals surface area contributed by atoms with Crippen molar-refractivity contribution >= 4 is 23.5 Å². The fourth-order valence-corrected chi connectivity index (χ4v) is 3.60. The van der Waals surface area contributed by atoms with Crippen molar-refractivity contribution in [3.63, 3.8) is 0 Å². The van der Waals surface area contributed by atoms with E-state index in [1.54, 1.807) is 41.2 Å². The maximum Gasteiger partial charge on any atom is 0.322 e. The van der Waals surface area contributed by atoms with Gasteiger partial charge in [0.05, 0.1) is 19.6 Å². The van der Waals surface area contributed by atoms with Gasteiger partial charge in [0.2, 0.25) is 11.8 Å². The van der Waals surface area contributed by atoms with Crippen LogP contribution < -0.4 is 20.3 Å². The zero-order valence-electron chi connectivity index (χ0n) is 15.3. The van der Waals surface area contributed by atoms with Gasteiger partial charge in [-0.2, -0.15) is 0 Å². The summed E-state index contributed by atoms with van der Waals surface area (Å²) in [6.45, 7) is 1.25. The van der Waals surface area contributed by atoms with Crippen LogP contribution >= 0.6 is 0 Å². The number of methoxy groups -OCH3 is 1. The lowest BCUT2D eigenvalue weighted by Crippen LogP contribution is -2.45. The van der Waals surface area contributed by atoms with E-state index >= 15 is 0 Å². The molecule has 0 aromatic heterocycles. The molecule has 1 aromatic carbocycles. The number of anilines is 1. The van der Waals surface area contributed by atoms with E-state index in [1.807, 2.05) is 0 Å². The first-order valence-corrected chi connectivity index (χ1v) is 9.36. The van der Waals surface area contributed by atoms with E-state index in [1.165, 1.54) is 0 Å². The van der Waals surface area contributed by atoms with Crippen molar-refractivity contribution in [2.45, 2.75) is 31.3 Å². The van der Waals surface area contributed by atoms with Gasteiger partial charge in [-0.25, -0.2) is 4.79 Å². The molecule has 2 aliphatic heterocycles. The monoisotopic (exact) mass is 372 g/mol. The standard InChI is InChI=1S/C19H24N4O4/c1-27-15-6-4-14(5-7-15)23-11-16(21-19(23)26)18(25)22-9-8-12(10-22)17(24)20-13-2-3-13/h4-7,12-13,16H,2-3,8-11H2,1H3,(H,20,24)(H,21,26). The predicted molar refractivity (Wildman–Crippen MR) is 98.5 cm³/mol. The van der Waals surface area contributed by atoms with Crippen molar-refractivity contribution in [1.82, 2.24) is 15.5 Å². The molecule has 3 aliphatic rings. The summed E-state index contributed by atoms with van der Waals surface area (Å²) in [7, 11) is 1.58. The van der Waals surface area contributed by atoms with Gasteiger partial charge in [-0.05, 0) is 43.5 Å². The molecule has 2 saturated heterocycles. The fourth-order valence-electron chi connectivity index (χ4n) is 3.60. The maximum absolute atomic E-state index is 12.8. The van der Waals surface area contributed by atoms with E-state index in [2.05, 4.69) is 10.6 Å². The van der Waals surface area contributed by atoms with Gasteiger partial charge in [-0.3, -0.25) is 14.5 Å². The number of rotatable bonds is 5. The van der Waals surface area contributed by atoms with Crippen molar-refractivity contribution < 1.29 is 19.1 Å². The first kappa shape index (κ1) is 17.6. The maximum atomic E-state index is 12.8. The molecule has 2 heterocycles. The molecule has 1 saturated carbocycles. The van der Waals surface area contributed by atoms with Crippen molar-refractivity contribution in [2.24, 2.45) is 5.92 Å². The molecule has 1 aliphatic carbocycles. The van der Waals surface area contributed by atoms with E-state index in [4.69, 9.17) is 4.74 Å². The number of carbonyl (C=O) groups is 3. The molecule has 3 fully saturated rings. The first-order chi connectivity index (χ1) is 13.0. The molecule has 0 radical (unpaired) electrons. The van der Waals surface area contributed by atoms with Crippen LogP contribution in [0.25, 0.3) is 0 Å². The van der Waals surface area contributed by atoms with Crippen LogP contribution in [0.15, 0.2) is 24.3 Å². The lowest BCUT2D eigenvalue weighted by molar-refractivity contribution is -0.132. The van der Waals surface area contributed by atoms with Crippen LogP contribution in [0.2, 0.25) is 0 Å². The zero-order valence-corrected chi connectivity index (χ0v) is 15.3. The summed E-state index contributed by atoms with van der Waals surface area (Å²) in [5.41, 5.74) is 0.715. The molecule has 8 heteroatoms. The molecule has 144 valence electrons.